The Morgan fingerprint density at radius 1 is 1.20 bits per heavy atom. The fourth-order valence-corrected chi connectivity index (χ4v) is 4.92. The molecular formula is C26H26N2O7. The summed E-state index contributed by atoms with van der Waals surface area (Å²) < 4.78 is 17.1. The number of nitrogens with zero attached hydrogens (tertiary/aromatic N) is 2. The molecule has 2 aromatic heterocycles. The van der Waals surface area contributed by atoms with Crippen molar-refractivity contribution in [2.75, 3.05) is 6.61 Å². The maximum absolute atomic E-state index is 13.4. The van der Waals surface area contributed by atoms with E-state index < -0.39 is 17.7 Å². The predicted octanol–water partition coefficient (Wildman–Crippen LogP) is 3.57. The maximum atomic E-state index is 13.4. The number of aliphatic hydroxyl groups is 1. The molecule has 0 aliphatic carbocycles. The van der Waals surface area contributed by atoms with E-state index in [4.69, 9.17) is 19.2 Å². The van der Waals surface area contributed by atoms with Crippen LogP contribution in [-0.2, 0) is 39.4 Å². The number of aromatic nitrogens is 2. The largest absolute Gasteiger partial charge is 0.513 e. The molecule has 2 aliphatic heterocycles. The van der Waals surface area contributed by atoms with Crippen LogP contribution in [0.4, 0.5) is 4.79 Å². The minimum atomic E-state index is -1.87. The van der Waals surface area contributed by atoms with Crippen molar-refractivity contribution in [1.29, 1.82) is 0 Å². The van der Waals surface area contributed by atoms with Crippen molar-refractivity contribution in [3.05, 3.63) is 56.9 Å². The monoisotopic (exact) mass is 478 g/mol. The zero-order valence-corrected chi connectivity index (χ0v) is 19.8. The van der Waals surface area contributed by atoms with E-state index in [1.165, 1.54) is 0 Å². The Balaban J connectivity index is 1.65. The van der Waals surface area contributed by atoms with Gasteiger partial charge in [0.05, 0.1) is 35.6 Å². The van der Waals surface area contributed by atoms with Gasteiger partial charge in [-0.25, -0.2) is 14.6 Å². The highest BCUT2D eigenvalue weighted by atomic mass is 16.7. The van der Waals surface area contributed by atoms with Gasteiger partial charge in [0, 0.05) is 16.5 Å². The lowest BCUT2D eigenvalue weighted by Gasteiger charge is -2.31. The van der Waals surface area contributed by atoms with Crippen LogP contribution in [0.25, 0.3) is 22.3 Å². The van der Waals surface area contributed by atoms with Crippen LogP contribution in [0, 0.1) is 0 Å². The highest BCUT2D eigenvalue weighted by Gasteiger charge is 2.45. The van der Waals surface area contributed by atoms with Crippen LogP contribution >= 0.6 is 0 Å². The molecule has 2 aliphatic rings. The molecule has 182 valence electrons. The van der Waals surface area contributed by atoms with Crippen LogP contribution in [0.5, 0.6) is 5.75 Å². The first-order valence-electron chi connectivity index (χ1n) is 11.8. The molecule has 1 aromatic carbocycles. The van der Waals surface area contributed by atoms with E-state index in [0.29, 0.717) is 42.0 Å². The number of pyridine rings is 2. The summed E-state index contributed by atoms with van der Waals surface area (Å²) in [5.41, 5.74) is 2.15. The second-order valence-corrected chi connectivity index (χ2v) is 8.75. The van der Waals surface area contributed by atoms with Crippen LogP contribution in [0.15, 0.2) is 29.1 Å². The third kappa shape index (κ3) is 3.49. The van der Waals surface area contributed by atoms with E-state index in [1.807, 2.05) is 13.8 Å². The van der Waals surface area contributed by atoms with Gasteiger partial charge in [0.15, 0.2) is 5.60 Å². The lowest BCUT2D eigenvalue weighted by atomic mass is 9.86. The number of hydrogen-bond donors (Lipinski definition) is 1. The molecule has 9 heteroatoms. The molecule has 0 saturated carbocycles. The second-order valence-electron chi connectivity index (χ2n) is 8.75. The van der Waals surface area contributed by atoms with Crippen molar-refractivity contribution in [3.8, 4) is 17.1 Å². The van der Waals surface area contributed by atoms with Crippen LogP contribution < -0.4 is 10.3 Å². The van der Waals surface area contributed by atoms with E-state index in [9.17, 15) is 19.5 Å². The Labute approximate surface area is 201 Å². The van der Waals surface area contributed by atoms with Gasteiger partial charge in [-0.3, -0.25) is 4.79 Å². The molecule has 0 unspecified atom stereocenters. The van der Waals surface area contributed by atoms with Crippen molar-refractivity contribution in [1.82, 2.24) is 9.55 Å². The molecule has 0 bridgehead atoms. The molecule has 35 heavy (non-hydrogen) atoms. The van der Waals surface area contributed by atoms with Crippen molar-refractivity contribution in [2.45, 2.75) is 58.8 Å². The van der Waals surface area contributed by atoms with Gasteiger partial charge in [0.25, 0.3) is 5.56 Å². The molecule has 0 saturated heterocycles. The van der Waals surface area contributed by atoms with Gasteiger partial charge in [-0.1, -0.05) is 20.8 Å². The summed E-state index contributed by atoms with van der Waals surface area (Å²) in [5.74, 6) is -0.400. The molecule has 9 nitrogen and oxygen atoms in total. The molecule has 1 atom stereocenters. The molecule has 3 aromatic rings. The van der Waals surface area contributed by atoms with Gasteiger partial charge >= 0.3 is 12.1 Å². The van der Waals surface area contributed by atoms with Crippen molar-refractivity contribution < 1.29 is 28.9 Å². The number of carbonyl (C=O) groups is 2. The van der Waals surface area contributed by atoms with Gasteiger partial charge in [-0.05, 0) is 49.1 Å². The average molecular weight is 479 g/mol. The maximum Gasteiger partial charge on any atom is 0.513 e. The fourth-order valence-electron chi connectivity index (χ4n) is 4.92. The molecule has 5 rings (SSSR count). The fraction of sp³-hybridized carbons (Fsp3) is 0.385. The molecular weight excluding hydrogens is 452 g/mol. The van der Waals surface area contributed by atoms with Crippen LogP contribution in [0.1, 0.15) is 55.9 Å². The highest BCUT2D eigenvalue weighted by Crippen LogP contribution is 2.40. The van der Waals surface area contributed by atoms with Crippen molar-refractivity contribution in [2.24, 2.45) is 0 Å². The first-order chi connectivity index (χ1) is 16.8. The molecule has 0 amide bonds. The Morgan fingerprint density at radius 2 is 2.00 bits per heavy atom. The number of benzene rings is 1. The van der Waals surface area contributed by atoms with E-state index in [-0.39, 0.29) is 36.3 Å². The van der Waals surface area contributed by atoms with Gasteiger partial charge in [-0.15, -0.1) is 0 Å². The third-order valence-corrected chi connectivity index (χ3v) is 6.76. The minimum Gasteiger partial charge on any atom is -0.458 e. The molecule has 4 heterocycles. The van der Waals surface area contributed by atoms with Crippen molar-refractivity contribution in [3.63, 3.8) is 0 Å². The third-order valence-electron chi connectivity index (χ3n) is 6.76. The molecule has 0 spiro atoms. The summed E-state index contributed by atoms with van der Waals surface area (Å²) in [6.07, 6.45) is 0.683. The molecule has 0 fully saturated rings. The Morgan fingerprint density at radius 3 is 2.71 bits per heavy atom. The van der Waals surface area contributed by atoms with Crippen molar-refractivity contribution >= 4 is 23.0 Å². The van der Waals surface area contributed by atoms with Crippen LogP contribution in [-0.4, -0.2) is 33.4 Å². The topological polar surface area (TPSA) is 117 Å². The van der Waals surface area contributed by atoms with Gasteiger partial charge in [-0.2, -0.15) is 0 Å². The first-order valence-corrected chi connectivity index (χ1v) is 11.8. The lowest BCUT2D eigenvalue weighted by molar-refractivity contribution is -0.172. The summed E-state index contributed by atoms with van der Waals surface area (Å²) >= 11 is 0. The smallest absolute Gasteiger partial charge is 0.458 e. The number of hydrogen-bond acceptors (Lipinski definition) is 8. The normalized spacial score (nSPS) is 18.0. The van der Waals surface area contributed by atoms with E-state index >= 15 is 0 Å². The van der Waals surface area contributed by atoms with Crippen LogP contribution in [0.3, 0.4) is 0 Å². The molecule has 1 N–H and O–H groups in total. The highest BCUT2D eigenvalue weighted by molar-refractivity contribution is 5.90. The Kier molecular flexibility index (Phi) is 5.59. The van der Waals surface area contributed by atoms with Crippen LogP contribution in [0.2, 0.25) is 0 Å². The first kappa shape index (κ1) is 23.0. The molecule has 0 radical (unpaired) electrons. The number of ether oxygens (including phenoxy) is 3. The van der Waals surface area contributed by atoms with Gasteiger partial charge in [0.1, 0.15) is 12.4 Å². The number of rotatable bonds is 5. The van der Waals surface area contributed by atoms with E-state index in [1.54, 1.807) is 35.8 Å². The lowest BCUT2D eigenvalue weighted by Crippen LogP contribution is -2.44. The zero-order valence-electron chi connectivity index (χ0n) is 19.8. The summed E-state index contributed by atoms with van der Waals surface area (Å²) in [6.45, 7) is 6.01. The summed E-state index contributed by atoms with van der Waals surface area (Å²) in [7, 11) is 0. The quantitative estimate of drug-likeness (QED) is 0.342. The number of carbonyl (C=O) groups excluding carboxylic acids is 2. The number of aryl methyl sites for hydroxylation is 1. The summed E-state index contributed by atoms with van der Waals surface area (Å²) in [4.78, 5) is 42.5. The summed E-state index contributed by atoms with van der Waals surface area (Å²) in [5, 5.41) is 11.9. The predicted molar refractivity (Wildman–Crippen MR) is 126 cm³/mol. The van der Waals surface area contributed by atoms with Gasteiger partial charge in [0.2, 0.25) is 0 Å². The number of esters is 1. The Hall–Kier alpha value is -3.72. The summed E-state index contributed by atoms with van der Waals surface area (Å²) in [6, 6.07) is 6.87. The standard InChI is InChI=1S/C26H26N2O7/c1-4-9-33-25(31)35-14-7-8-20-16(10-14)15(5-2)17-12-28-21(22(17)27-20)11-19-18(23(28)29)13-34-24(30)26(19,32)6-3/h7-8,10-11,32H,4-6,9,12-13H2,1-3H3/t26-/m0/s1. The number of cyclic esters (lactones) is 1. The van der Waals surface area contributed by atoms with Gasteiger partial charge < -0.3 is 23.9 Å². The zero-order chi connectivity index (χ0) is 24.9. The average Bonchev–Trinajstić information content (AvgIpc) is 3.22. The van der Waals surface area contributed by atoms with E-state index in [2.05, 4.69) is 0 Å². The number of fused-ring (bicyclic) bond motifs is 5. The van der Waals surface area contributed by atoms with E-state index in [0.717, 1.165) is 16.5 Å². The SMILES string of the molecule is CCCOC(=O)Oc1ccc2nc3c(c(CC)c2c1)Cn1c-3cc2c(c1=O)COC(=O)[C@]2(O)CC. The Bertz CT molecular complexity index is 1440. The second kappa shape index (κ2) is 8.49. The minimum absolute atomic E-state index is 0.0867.